The van der Waals surface area contributed by atoms with Gasteiger partial charge in [-0.15, -0.1) is 0 Å². The minimum absolute atomic E-state index is 0.219. The Morgan fingerprint density at radius 1 is 1.21 bits per heavy atom. The number of carbonyl (C=O) groups is 1. The molecule has 1 aliphatic rings. The van der Waals surface area contributed by atoms with Crippen LogP contribution in [-0.2, 0) is 17.8 Å². The van der Waals surface area contributed by atoms with Gasteiger partial charge in [0.15, 0.2) is 0 Å². The number of aryl methyl sites for hydroxylation is 2. The highest BCUT2D eigenvalue weighted by atomic mass is 35.5. The van der Waals surface area contributed by atoms with Crippen molar-refractivity contribution in [2.45, 2.75) is 46.2 Å². The number of nitrogens with zero attached hydrogens (tertiary/aromatic N) is 1. The topological polar surface area (TPSA) is 52.6 Å². The maximum atomic E-state index is 11.0. The van der Waals surface area contributed by atoms with Crippen molar-refractivity contribution < 1.29 is 9.90 Å². The quantitative estimate of drug-likeness (QED) is 0.632. The first-order valence-electron chi connectivity index (χ1n) is 10.0. The Morgan fingerprint density at radius 2 is 1.96 bits per heavy atom. The van der Waals surface area contributed by atoms with Crippen molar-refractivity contribution in [3.63, 3.8) is 0 Å². The molecule has 0 aliphatic carbocycles. The molecule has 1 saturated heterocycles. The Kier molecular flexibility index (Phi) is 6.63. The molecule has 150 valence electrons. The van der Waals surface area contributed by atoms with Crippen LogP contribution in [0.5, 0.6) is 0 Å². The summed E-state index contributed by atoms with van der Waals surface area (Å²) in [6, 6.07) is 13.0. The first-order valence-corrected chi connectivity index (χ1v) is 10.4. The lowest BCUT2D eigenvalue weighted by atomic mass is 9.97. The number of anilines is 1. The maximum Gasteiger partial charge on any atom is 0.309 e. The summed E-state index contributed by atoms with van der Waals surface area (Å²) in [6.45, 7) is 8.45. The van der Waals surface area contributed by atoms with E-state index in [1.807, 2.05) is 13.0 Å². The van der Waals surface area contributed by atoms with Crippen molar-refractivity contribution in [2.75, 3.05) is 18.4 Å². The number of aliphatic carboxylic acids is 1. The normalized spacial score (nSPS) is 15.9. The number of hydrogen-bond acceptors (Lipinski definition) is 3. The molecular formula is C23H29ClN2O2. The Morgan fingerprint density at radius 3 is 2.57 bits per heavy atom. The number of nitrogens with one attached hydrogen (secondary N) is 1. The van der Waals surface area contributed by atoms with Gasteiger partial charge in [-0.3, -0.25) is 9.69 Å². The molecule has 2 aromatic rings. The summed E-state index contributed by atoms with van der Waals surface area (Å²) in [7, 11) is 0. The van der Waals surface area contributed by atoms with Crippen molar-refractivity contribution in [3.05, 3.63) is 63.7 Å². The summed E-state index contributed by atoms with van der Waals surface area (Å²) >= 11 is 6.18. The van der Waals surface area contributed by atoms with Gasteiger partial charge in [-0.25, -0.2) is 0 Å². The van der Waals surface area contributed by atoms with Crippen molar-refractivity contribution in [3.8, 4) is 0 Å². The van der Waals surface area contributed by atoms with E-state index in [4.69, 9.17) is 16.7 Å². The molecule has 0 bridgehead atoms. The van der Waals surface area contributed by atoms with Crippen LogP contribution in [0.25, 0.3) is 0 Å². The van der Waals surface area contributed by atoms with E-state index in [1.54, 1.807) is 0 Å². The van der Waals surface area contributed by atoms with E-state index in [1.165, 1.54) is 16.7 Å². The van der Waals surface area contributed by atoms with Gasteiger partial charge in [0.2, 0.25) is 0 Å². The van der Waals surface area contributed by atoms with E-state index >= 15 is 0 Å². The molecule has 4 nitrogen and oxygen atoms in total. The van der Waals surface area contributed by atoms with Crippen molar-refractivity contribution >= 4 is 23.3 Å². The zero-order chi connectivity index (χ0) is 20.3. The Labute approximate surface area is 172 Å². The van der Waals surface area contributed by atoms with Crippen LogP contribution >= 0.6 is 11.6 Å². The maximum absolute atomic E-state index is 11.0. The van der Waals surface area contributed by atoms with Gasteiger partial charge in [0, 0.05) is 30.3 Å². The van der Waals surface area contributed by atoms with Crippen LogP contribution in [0.1, 0.15) is 48.6 Å². The number of likely N-dealkylation sites (tertiary alicyclic amines) is 1. The molecular weight excluding hydrogens is 372 g/mol. The molecule has 1 atom stereocenters. The summed E-state index contributed by atoms with van der Waals surface area (Å²) in [5.41, 5.74) is 6.02. The zero-order valence-corrected chi connectivity index (χ0v) is 17.6. The number of carboxylic acids is 1. The minimum atomic E-state index is -0.688. The number of hydrogen-bond donors (Lipinski definition) is 2. The second kappa shape index (κ2) is 8.97. The Balaban J connectivity index is 1.74. The van der Waals surface area contributed by atoms with Crippen LogP contribution in [-0.4, -0.2) is 29.1 Å². The van der Waals surface area contributed by atoms with E-state index in [0.717, 1.165) is 35.7 Å². The summed E-state index contributed by atoms with van der Waals surface area (Å²) in [6.07, 6.45) is 1.94. The third-order valence-corrected chi connectivity index (χ3v) is 6.05. The largest absolute Gasteiger partial charge is 0.481 e. The molecule has 0 unspecified atom stereocenters. The fourth-order valence-corrected chi connectivity index (χ4v) is 3.93. The molecule has 1 aliphatic heterocycles. The van der Waals surface area contributed by atoms with E-state index in [9.17, 15) is 4.79 Å². The van der Waals surface area contributed by atoms with E-state index < -0.39 is 5.97 Å². The van der Waals surface area contributed by atoms with Gasteiger partial charge in [-0.05, 0) is 60.2 Å². The predicted octanol–water partition coefficient (Wildman–Crippen LogP) is 5.29. The van der Waals surface area contributed by atoms with Gasteiger partial charge in [0.25, 0.3) is 0 Å². The van der Waals surface area contributed by atoms with Gasteiger partial charge in [-0.2, -0.15) is 0 Å². The van der Waals surface area contributed by atoms with Gasteiger partial charge in [0.05, 0.1) is 12.0 Å². The molecule has 1 heterocycles. The highest BCUT2D eigenvalue weighted by molar-refractivity contribution is 6.31. The second-order valence-corrected chi connectivity index (χ2v) is 8.09. The summed E-state index contributed by atoms with van der Waals surface area (Å²) in [4.78, 5) is 13.3. The molecule has 0 aromatic heterocycles. The standard InChI is InChI=1S/C23H29ClN2O2/c1-4-16-6-8-20(11-18(16)12-26-13-19(14-26)23(27)28)25-22(5-2)17-7-9-21(24)15(3)10-17/h6-11,19,22,25H,4-5,12-14H2,1-3H3,(H,27,28)/t22-/m1/s1. The average Bonchev–Trinajstić information content (AvgIpc) is 2.64. The fraction of sp³-hybridized carbons (Fsp3) is 0.435. The molecule has 28 heavy (non-hydrogen) atoms. The molecule has 0 saturated carbocycles. The van der Waals surface area contributed by atoms with Gasteiger partial charge in [-0.1, -0.05) is 43.6 Å². The average molecular weight is 401 g/mol. The lowest BCUT2D eigenvalue weighted by Crippen LogP contribution is -2.49. The Hall–Kier alpha value is -2.04. The number of halogens is 1. The predicted molar refractivity (Wildman–Crippen MR) is 115 cm³/mol. The highest BCUT2D eigenvalue weighted by Crippen LogP contribution is 2.28. The molecule has 0 spiro atoms. The van der Waals surface area contributed by atoms with E-state index in [-0.39, 0.29) is 12.0 Å². The molecule has 2 N–H and O–H groups in total. The van der Waals surface area contributed by atoms with Gasteiger partial charge in [0.1, 0.15) is 0 Å². The monoisotopic (exact) mass is 400 g/mol. The van der Waals surface area contributed by atoms with Crippen molar-refractivity contribution in [2.24, 2.45) is 5.92 Å². The molecule has 0 radical (unpaired) electrons. The highest BCUT2D eigenvalue weighted by Gasteiger charge is 2.32. The zero-order valence-electron chi connectivity index (χ0n) is 16.8. The first-order chi connectivity index (χ1) is 13.4. The summed E-state index contributed by atoms with van der Waals surface area (Å²) < 4.78 is 0. The first kappa shape index (κ1) is 20.7. The lowest BCUT2D eigenvalue weighted by Gasteiger charge is -2.37. The van der Waals surface area contributed by atoms with Crippen molar-refractivity contribution in [1.29, 1.82) is 0 Å². The van der Waals surface area contributed by atoms with Gasteiger partial charge >= 0.3 is 5.97 Å². The third-order valence-electron chi connectivity index (χ3n) is 5.62. The molecule has 0 amide bonds. The number of rotatable bonds is 8. The van der Waals surface area contributed by atoms with Crippen LogP contribution in [0.3, 0.4) is 0 Å². The fourth-order valence-electron chi connectivity index (χ4n) is 3.81. The summed E-state index contributed by atoms with van der Waals surface area (Å²) in [5.74, 6) is -0.907. The van der Waals surface area contributed by atoms with Crippen molar-refractivity contribution in [1.82, 2.24) is 4.90 Å². The minimum Gasteiger partial charge on any atom is -0.481 e. The Bertz CT molecular complexity index is 846. The molecule has 3 rings (SSSR count). The molecule has 2 aromatic carbocycles. The second-order valence-electron chi connectivity index (χ2n) is 7.68. The smallest absolute Gasteiger partial charge is 0.309 e. The van der Waals surface area contributed by atoms with Crippen LogP contribution in [0.4, 0.5) is 5.69 Å². The lowest BCUT2D eigenvalue weighted by molar-refractivity contribution is -0.147. The third kappa shape index (κ3) is 4.68. The van der Waals surface area contributed by atoms with E-state index in [2.05, 4.69) is 54.4 Å². The number of carboxylic acid groups (broad SMARTS) is 1. The molecule has 1 fully saturated rings. The van der Waals surface area contributed by atoms with Crippen LogP contribution in [0.15, 0.2) is 36.4 Å². The van der Waals surface area contributed by atoms with Crippen LogP contribution in [0, 0.1) is 12.8 Å². The SMILES string of the molecule is CCc1ccc(N[C@H](CC)c2ccc(Cl)c(C)c2)cc1CN1CC(C(=O)O)C1. The van der Waals surface area contributed by atoms with Crippen LogP contribution < -0.4 is 5.32 Å². The molecule has 5 heteroatoms. The van der Waals surface area contributed by atoms with Gasteiger partial charge < -0.3 is 10.4 Å². The number of benzene rings is 2. The van der Waals surface area contributed by atoms with E-state index in [0.29, 0.717) is 13.1 Å². The summed E-state index contributed by atoms with van der Waals surface area (Å²) in [5, 5.41) is 13.5. The van der Waals surface area contributed by atoms with Crippen LogP contribution in [0.2, 0.25) is 5.02 Å².